The summed E-state index contributed by atoms with van der Waals surface area (Å²) in [6, 6.07) is 84.6. The monoisotopic (exact) mass is 1450 g/mol. The minimum absolute atomic E-state index is 0.0239. The van der Waals surface area contributed by atoms with Crippen LogP contribution in [0.1, 0.15) is 141 Å². The van der Waals surface area contributed by atoms with E-state index in [0.717, 1.165) is 27.1 Å². The predicted octanol–water partition coefficient (Wildman–Crippen LogP) is 16.0. The predicted molar refractivity (Wildman–Crippen MR) is 408 cm³/mol. The minimum atomic E-state index is -1.08. The topological polar surface area (TPSA) is 264 Å². The smallest absolute Gasteiger partial charge is 0.379 e. The van der Waals surface area contributed by atoms with Crippen molar-refractivity contribution < 1.29 is 73.4 Å². The van der Waals surface area contributed by atoms with Gasteiger partial charge in [0.1, 0.15) is 12.7 Å². The van der Waals surface area contributed by atoms with E-state index >= 15 is 0 Å². The molecule has 0 bridgehead atoms. The number of allylic oxidation sites excluding steroid dienone is 2. The number of hydrogen-bond donors (Lipinski definition) is 5. The number of alkyl halides is 2. The van der Waals surface area contributed by atoms with E-state index < -0.39 is 30.6 Å². The van der Waals surface area contributed by atoms with Gasteiger partial charge in [0.25, 0.3) is 5.78 Å². The number of carbonyl (C=O) groups is 9. The second-order valence-corrected chi connectivity index (χ2v) is 22.4. The first-order chi connectivity index (χ1) is 49.9. The summed E-state index contributed by atoms with van der Waals surface area (Å²) in [5.41, 5.74) is 5.97. The molecular weight excluding hydrogens is 1360 g/mol. The maximum absolute atomic E-state index is 11.9. The van der Waals surface area contributed by atoms with Crippen LogP contribution in [0, 0.1) is 11.8 Å². The van der Waals surface area contributed by atoms with Crippen molar-refractivity contribution >= 4 is 86.8 Å². The standard InChI is InChI=1S/C14H12O2.C10H10O3.C10H8O.C10H10O.C9H9ClO.C9H12O2.C8H7ClO.C8H8O2.C7H8O2S/c15-13(11-7-3-1-4-8-11)14(16)12-9-5-2-6-10-12;1-2-13-10(12)9(11)8-6-4-3-5-7-8;1-9(11)7-8-10-5-3-2-4-6-10;1-2-6-10(11)9-7-4-3-5-8-9;2*10-7-6-9(11)8-4-2-1-3-5-8;2*9-6-8(10)7-4-2-1-3-5-7;8-4-3-6(9)7-2-1-5-10-7/h1-10,13,15H;3-7H,2H2,1H3;2-6H,1H3;2-8H,1H3;1-5H,6-7H2;1-5,9-11H,6-7H2;1-5H,6H2;1-5,9H,6H2;1-2,5,8H,3-4H2/b;;;6-2+;;;;;. The summed E-state index contributed by atoms with van der Waals surface area (Å²) in [5, 5.41) is 46.5. The second-order valence-electron chi connectivity index (χ2n) is 20.8. The van der Waals surface area contributed by atoms with Gasteiger partial charge in [0, 0.05) is 77.6 Å². The van der Waals surface area contributed by atoms with Crippen molar-refractivity contribution in [1.82, 2.24) is 0 Å². The van der Waals surface area contributed by atoms with Gasteiger partial charge in [0.05, 0.1) is 30.1 Å². The molecule has 0 radical (unpaired) electrons. The van der Waals surface area contributed by atoms with Gasteiger partial charge in [-0.15, -0.1) is 34.5 Å². The molecule has 0 aliphatic carbocycles. The number of thiophene rings is 1. The Kier molecular flexibility index (Phi) is 47.9. The molecule has 0 aliphatic rings. The quantitative estimate of drug-likeness (QED) is 0.0112. The number of rotatable bonds is 21. The SMILES string of the molecule is C/C=C/C(=O)c1ccccc1.CC(=O)C#Cc1ccccc1.CCOC(=O)C(=O)c1ccccc1.O=C(CCCl)c1ccccc1.O=C(CCO)c1cccs1.O=C(CCl)c1ccccc1.O=C(CO)c1ccccc1.O=C(c1ccccc1)C(O)c1ccccc1.OCCC(O)c1ccccc1. The number of carbonyl (C=O) groups excluding carboxylic acids is 9. The van der Waals surface area contributed by atoms with Crippen molar-refractivity contribution in [2.24, 2.45) is 0 Å². The molecule has 103 heavy (non-hydrogen) atoms. The summed E-state index contributed by atoms with van der Waals surface area (Å²) in [4.78, 5) is 100. The van der Waals surface area contributed by atoms with E-state index in [1.165, 1.54) is 18.3 Å². The van der Waals surface area contributed by atoms with Crippen molar-refractivity contribution in [3.63, 3.8) is 0 Å². The summed E-state index contributed by atoms with van der Waals surface area (Å²) in [6.45, 7) is 4.72. The molecule has 1 heterocycles. The van der Waals surface area contributed by atoms with Crippen LogP contribution in [-0.2, 0) is 14.3 Å². The Hall–Kier alpha value is -10.8. The molecule has 9 aromatic carbocycles. The summed E-state index contributed by atoms with van der Waals surface area (Å²) < 4.78 is 4.57. The van der Waals surface area contributed by atoms with Crippen LogP contribution in [0.3, 0.4) is 0 Å². The molecular formula is C85H84Cl2O15S. The Labute approximate surface area is 616 Å². The maximum atomic E-state index is 11.9. The average molecular weight is 1450 g/mol. The van der Waals surface area contributed by atoms with Gasteiger partial charge in [0.15, 0.2) is 34.7 Å². The van der Waals surface area contributed by atoms with Crippen LogP contribution in [0.5, 0.6) is 0 Å². The molecule has 0 saturated heterocycles. The fourth-order valence-electron chi connectivity index (χ4n) is 7.88. The van der Waals surface area contributed by atoms with E-state index in [1.807, 2.05) is 164 Å². The van der Waals surface area contributed by atoms with Crippen LogP contribution in [-0.4, -0.2) is 116 Å². The number of benzene rings is 9. The summed E-state index contributed by atoms with van der Waals surface area (Å²) >= 11 is 12.2. The van der Waals surface area contributed by atoms with E-state index in [4.69, 9.17) is 38.5 Å². The Morgan fingerprint density at radius 1 is 0.466 bits per heavy atom. The highest BCUT2D eigenvalue weighted by Gasteiger charge is 2.19. The zero-order valence-corrected chi connectivity index (χ0v) is 59.7. The lowest BCUT2D eigenvalue weighted by Gasteiger charge is -2.09. The van der Waals surface area contributed by atoms with E-state index in [0.29, 0.717) is 46.5 Å². The van der Waals surface area contributed by atoms with Crippen LogP contribution >= 0.6 is 34.5 Å². The van der Waals surface area contributed by atoms with E-state index in [9.17, 15) is 53.4 Å². The lowest BCUT2D eigenvalue weighted by atomic mass is 10.0. The third-order valence-electron chi connectivity index (χ3n) is 13.0. The third-order valence-corrected chi connectivity index (χ3v) is 14.4. The van der Waals surface area contributed by atoms with Crippen LogP contribution in [0.25, 0.3) is 0 Å². The number of aliphatic hydroxyl groups excluding tert-OH is 5. The highest BCUT2D eigenvalue weighted by Crippen LogP contribution is 2.19. The number of halogens is 2. The highest BCUT2D eigenvalue weighted by molar-refractivity contribution is 7.12. The fourth-order valence-corrected chi connectivity index (χ4v) is 8.90. The fraction of sp³-hybridized carbons (Fsp3) is 0.165. The molecule has 0 saturated carbocycles. The Bertz CT molecular complexity index is 4030. The van der Waals surface area contributed by atoms with Gasteiger partial charge >= 0.3 is 5.97 Å². The molecule has 10 aromatic rings. The van der Waals surface area contributed by atoms with Crippen molar-refractivity contribution in [3.05, 3.63) is 358 Å². The van der Waals surface area contributed by atoms with Gasteiger partial charge < -0.3 is 30.3 Å². The molecule has 5 N–H and O–H groups in total. The zero-order chi connectivity index (χ0) is 75.7. The molecule has 0 spiro atoms. The van der Waals surface area contributed by atoms with Crippen molar-refractivity contribution in [2.75, 3.05) is 38.2 Å². The normalized spacial score (nSPS) is 10.2. The lowest BCUT2D eigenvalue weighted by molar-refractivity contribution is -0.137. The van der Waals surface area contributed by atoms with Gasteiger partial charge in [-0.3, -0.25) is 38.4 Å². The van der Waals surface area contributed by atoms with Crippen LogP contribution in [0.2, 0.25) is 0 Å². The first-order valence-electron chi connectivity index (χ1n) is 32.3. The van der Waals surface area contributed by atoms with Gasteiger partial charge in [-0.05, 0) is 60.5 Å². The summed E-state index contributed by atoms with van der Waals surface area (Å²) in [7, 11) is 0. The summed E-state index contributed by atoms with van der Waals surface area (Å²) in [6.07, 6.45) is 2.77. The number of hydrogen-bond acceptors (Lipinski definition) is 16. The zero-order valence-electron chi connectivity index (χ0n) is 57.4. The Morgan fingerprint density at radius 2 is 0.874 bits per heavy atom. The Morgan fingerprint density at radius 3 is 1.26 bits per heavy atom. The van der Waals surface area contributed by atoms with Crippen LogP contribution < -0.4 is 0 Å². The molecule has 1 aromatic heterocycles. The first kappa shape index (κ1) is 88.3. The molecule has 15 nitrogen and oxygen atoms in total. The van der Waals surface area contributed by atoms with Gasteiger partial charge in [0.2, 0.25) is 5.78 Å². The van der Waals surface area contributed by atoms with Crippen molar-refractivity contribution in [3.8, 4) is 11.8 Å². The van der Waals surface area contributed by atoms with Gasteiger partial charge in [-0.1, -0.05) is 279 Å². The highest BCUT2D eigenvalue weighted by atomic mass is 35.5. The molecule has 0 aliphatic heterocycles. The second kappa shape index (κ2) is 55.9. The van der Waals surface area contributed by atoms with Gasteiger partial charge in [-0.25, -0.2) is 4.79 Å². The van der Waals surface area contributed by atoms with E-state index in [1.54, 1.807) is 153 Å². The lowest BCUT2D eigenvalue weighted by Crippen LogP contribution is -2.17. The maximum Gasteiger partial charge on any atom is 0.379 e. The summed E-state index contributed by atoms with van der Waals surface area (Å²) in [5.74, 6) is 3.85. The number of Topliss-reactive ketones (excluding diaryl/α,β-unsaturated/α-hetero) is 7. The van der Waals surface area contributed by atoms with E-state index in [-0.39, 0.29) is 72.6 Å². The average Bonchev–Trinajstić information content (AvgIpc) is 1.07. The number of aliphatic hydroxyl groups is 5. The number of ether oxygens (including phenoxy) is 1. The van der Waals surface area contributed by atoms with Crippen molar-refractivity contribution in [1.29, 1.82) is 0 Å². The largest absolute Gasteiger partial charge is 0.460 e. The minimum Gasteiger partial charge on any atom is -0.460 e. The van der Waals surface area contributed by atoms with Crippen molar-refractivity contribution in [2.45, 2.75) is 52.2 Å². The van der Waals surface area contributed by atoms with Gasteiger partial charge in [-0.2, -0.15) is 0 Å². The molecule has 18 heteroatoms. The van der Waals surface area contributed by atoms with Crippen LogP contribution in [0.4, 0.5) is 0 Å². The molecule has 0 fully saturated rings. The van der Waals surface area contributed by atoms with Crippen LogP contribution in [0.15, 0.2) is 303 Å². The molecule has 2 unspecified atom stereocenters. The molecule has 2 atom stereocenters. The number of esters is 1. The molecule has 534 valence electrons. The molecule has 10 rings (SSSR count). The third kappa shape index (κ3) is 39.1. The molecule has 0 amide bonds. The Balaban J connectivity index is 0.000000395. The first-order valence-corrected chi connectivity index (χ1v) is 34.2. The number of ketones is 8. The van der Waals surface area contributed by atoms with E-state index in [2.05, 4.69) is 16.6 Å².